The summed E-state index contributed by atoms with van der Waals surface area (Å²) in [5.41, 5.74) is 9.59. The van der Waals surface area contributed by atoms with E-state index >= 15 is 0 Å². The summed E-state index contributed by atoms with van der Waals surface area (Å²) in [5, 5.41) is 4.99. The van der Waals surface area contributed by atoms with Gasteiger partial charge in [-0.1, -0.05) is 11.2 Å². The van der Waals surface area contributed by atoms with E-state index < -0.39 is 0 Å². The topological polar surface area (TPSA) is 52.0 Å². The molecule has 2 aromatic rings. The molecule has 2 rings (SSSR count). The summed E-state index contributed by atoms with van der Waals surface area (Å²) in [6.45, 7) is 4.50. The summed E-state index contributed by atoms with van der Waals surface area (Å²) in [5.74, 6) is 0. The number of fused-ring (bicyclic) bond motifs is 1. The second kappa shape index (κ2) is 2.85. The van der Waals surface area contributed by atoms with Crippen molar-refractivity contribution < 1.29 is 4.52 Å². The second-order valence-electron chi connectivity index (χ2n) is 3.26. The van der Waals surface area contributed by atoms with Crippen LogP contribution in [0.3, 0.4) is 0 Å². The number of hydrogen-bond donors (Lipinski definition) is 1. The van der Waals surface area contributed by atoms with Crippen molar-refractivity contribution in [1.29, 1.82) is 0 Å². The van der Waals surface area contributed by atoms with E-state index in [1.807, 2.05) is 26.0 Å². The molecule has 0 fully saturated rings. The summed E-state index contributed by atoms with van der Waals surface area (Å²) in [6, 6.07) is 4.07. The van der Waals surface area contributed by atoms with Crippen molar-refractivity contribution in [3.8, 4) is 0 Å². The molecular formula is C10H12N2O. The molecule has 0 spiro atoms. The molecular weight excluding hydrogens is 164 g/mol. The van der Waals surface area contributed by atoms with E-state index in [1.165, 1.54) is 0 Å². The normalized spacial score (nSPS) is 11.0. The molecule has 0 radical (unpaired) electrons. The van der Waals surface area contributed by atoms with Gasteiger partial charge < -0.3 is 10.3 Å². The summed E-state index contributed by atoms with van der Waals surface area (Å²) in [7, 11) is 0. The van der Waals surface area contributed by atoms with Crippen LogP contribution in [-0.4, -0.2) is 5.16 Å². The van der Waals surface area contributed by atoms with Crippen LogP contribution in [0.2, 0.25) is 0 Å². The average Bonchev–Trinajstić information content (AvgIpc) is 2.48. The Morgan fingerprint density at radius 2 is 2.15 bits per heavy atom. The Labute approximate surface area is 76.5 Å². The number of nitrogens with zero attached hydrogens (tertiary/aromatic N) is 1. The van der Waals surface area contributed by atoms with Crippen molar-refractivity contribution in [2.45, 2.75) is 20.4 Å². The van der Waals surface area contributed by atoms with E-state index in [4.69, 9.17) is 10.3 Å². The van der Waals surface area contributed by atoms with Gasteiger partial charge in [0.05, 0.1) is 5.69 Å². The Morgan fingerprint density at radius 1 is 1.38 bits per heavy atom. The molecule has 68 valence electrons. The van der Waals surface area contributed by atoms with Crippen molar-refractivity contribution in [3.05, 3.63) is 29.0 Å². The van der Waals surface area contributed by atoms with Crippen LogP contribution in [0.4, 0.5) is 0 Å². The van der Waals surface area contributed by atoms with Crippen LogP contribution in [0, 0.1) is 13.8 Å². The molecule has 0 aliphatic heterocycles. The molecule has 3 heteroatoms. The maximum absolute atomic E-state index is 5.58. The van der Waals surface area contributed by atoms with Crippen molar-refractivity contribution in [2.75, 3.05) is 0 Å². The quantitative estimate of drug-likeness (QED) is 0.722. The number of rotatable bonds is 1. The first-order valence-corrected chi connectivity index (χ1v) is 4.28. The average molecular weight is 176 g/mol. The second-order valence-corrected chi connectivity index (χ2v) is 3.26. The third kappa shape index (κ3) is 1.21. The summed E-state index contributed by atoms with van der Waals surface area (Å²) in [4.78, 5) is 0. The van der Waals surface area contributed by atoms with Crippen LogP contribution in [0.25, 0.3) is 11.0 Å². The molecule has 1 aromatic heterocycles. The van der Waals surface area contributed by atoms with Crippen LogP contribution >= 0.6 is 0 Å². The van der Waals surface area contributed by atoms with Crippen molar-refractivity contribution in [3.63, 3.8) is 0 Å². The van der Waals surface area contributed by atoms with E-state index in [2.05, 4.69) is 5.16 Å². The van der Waals surface area contributed by atoms with Gasteiger partial charge in [-0.25, -0.2) is 0 Å². The van der Waals surface area contributed by atoms with Crippen LogP contribution in [0.5, 0.6) is 0 Å². The number of benzene rings is 1. The van der Waals surface area contributed by atoms with E-state index in [9.17, 15) is 0 Å². The zero-order chi connectivity index (χ0) is 9.42. The number of nitrogens with two attached hydrogens (primary N) is 1. The first-order valence-electron chi connectivity index (χ1n) is 4.28. The largest absolute Gasteiger partial charge is 0.356 e. The molecule has 1 aromatic carbocycles. The predicted molar refractivity (Wildman–Crippen MR) is 51.4 cm³/mol. The molecule has 2 N–H and O–H groups in total. The molecule has 0 bridgehead atoms. The molecule has 0 aliphatic carbocycles. The molecule has 0 saturated carbocycles. The highest BCUT2D eigenvalue weighted by Crippen LogP contribution is 2.22. The zero-order valence-electron chi connectivity index (χ0n) is 7.79. The highest BCUT2D eigenvalue weighted by atomic mass is 16.5. The van der Waals surface area contributed by atoms with Crippen molar-refractivity contribution in [2.24, 2.45) is 5.73 Å². The van der Waals surface area contributed by atoms with Crippen LogP contribution < -0.4 is 5.73 Å². The van der Waals surface area contributed by atoms with Crippen molar-refractivity contribution in [1.82, 2.24) is 5.16 Å². The summed E-state index contributed by atoms with van der Waals surface area (Å²) < 4.78 is 5.19. The zero-order valence-corrected chi connectivity index (χ0v) is 7.79. The van der Waals surface area contributed by atoms with Gasteiger partial charge in [0, 0.05) is 11.9 Å². The highest BCUT2D eigenvalue weighted by molar-refractivity contribution is 5.82. The molecule has 0 saturated heterocycles. The molecule has 0 amide bonds. The van der Waals surface area contributed by atoms with Gasteiger partial charge in [-0.05, 0) is 31.0 Å². The Bertz CT molecular complexity index is 445. The van der Waals surface area contributed by atoms with Crippen LogP contribution in [0.15, 0.2) is 16.7 Å². The molecule has 0 atom stereocenters. The maximum Gasteiger partial charge on any atom is 0.170 e. The molecule has 3 nitrogen and oxygen atoms in total. The van der Waals surface area contributed by atoms with E-state index in [0.717, 1.165) is 27.8 Å². The Hall–Kier alpha value is -1.35. The Kier molecular flexibility index (Phi) is 1.81. The monoisotopic (exact) mass is 176 g/mol. The van der Waals surface area contributed by atoms with Gasteiger partial charge in [0.1, 0.15) is 0 Å². The number of hydrogen-bond acceptors (Lipinski definition) is 3. The smallest absolute Gasteiger partial charge is 0.170 e. The fourth-order valence-corrected chi connectivity index (χ4v) is 1.52. The third-order valence-corrected chi connectivity index (χ3v) is 2.23. The summed E-state index contributed by atoms with van der Waals surface area (Å²) >= 11 is 0. The fraction of sp³-hybridized carbons (Fsp3) is 0.300. The maximum atomic E-state index is 5.58. The predicted octanol–water partition coefficient (Wildman–Crippen LogP) is 1.90. The fourth-order valence-electron chi connectivity index (χ4n) is 1.52. The lowest BCUT2D eigenvalue weighted by atomic mass is 10.1. The molecule has 0 aliphatic rings. The van der Waals surface area contributed by atoms with Crippen LogP contribution in [0.1, 0.15) is 16.8 Å². The lowest BCUT2D eigenvalue weighted by Gasteiger charge is -1.99. The Balaban J connectivity index is 2.80. The summed E-state index contributed by atoms with van der Waals surface area (Å²) in [6.07, 6.45) is 0. The minimum atomic E-state index is 0.557. The molecule has 0 unspecified atom stereocenters. The van der Waals surface area contributed by atoms with Gasteiger partial charge in [-0.15, -0.1) is 0 Å². The standard InChI is InChI=1S/C10H12N2O/c1-6-3-8(5-11)4-9-7(2)12-13-10(6)9/h3-4H,5,11H2,1-2H3. The first-order chi connectivity index (χ1) is 6.22. The SMILES string of the molecule is Cc1noc2c(C)cc(CN)cc12. The van der Waals surface area contributed by atoms with Gasteiger partial charge in [-0.2, -0.15) is 0 Å². The van der Waals surface area contributed by atoms with E-state index in [1.54, 1.807) is 0 Å². The van der Waals surface area contributed by atoms with Crippen molar-refractivity contribution >= 4 is 11.0 Å². The Morgan fingerprint density at radius 3 is 2.85 bits per heavy atom. The van der Waals surface area contributed by atoms with Gasteiger partial charge in [0.2, 0.25) is 0 Å². The van der Waals surface area contributed by atoms with Gasteiger partial charge in [-0.3, -0.25) is 0 Å². The van der Waals surface area contributed by atoms with Crippen LogP contribution in [-0.2, 0) is 6.54 Å². The van der Waals surface area contributed by atoms with Gasteiger partial charge in [0.15, 0.2) is 5.58 Å². The molecule has 13 heavy (non-hydrogen) atoms. The third-order valence-electron chi connectivity index (χ3n) is 2.23. The highest BCUT2D eigenvalue weighted by Gasteiger charge is 2.07. The van der Waals surface area contributed by atoms with Gasteiger partial charge >= 0.3 is 0 Å². The lowest BCUT2D eigenvalue weighted by molar-refractivity contribution is 0.449. The number of aromatic nitrogens is 1. The molecule has 1 heterocycles. The van der Waals surface area contributed by atoms with E-state index in [0.29, 0.717) is 6.54 Å². The lowest BCUT2D eigenvalue weighted by Crippen LogP contribution is -1.96. The van der Waals surface area contributed by atoms with Gasteiger partial charge in [0.25, 0.3) is 0 Å². The first kappa shape index (κ1) is 8.26. The van der Waals surface area contributed by atoms with E-state index in [-0.39, 0.29) is 0 Å². The number of aryl methyl sites for hydroxylation is 2. The minimum absolute atomic E-state index is 0.557. The minimum Gasteiger partial charge on any atom is -0.356 e.